The highest BCUT2D eigenvalue weighted by atomic mass is 16.5. The van der Waals surface area contributed by atoms with Crippen LogP contribution in [0.3, 0.4) is 0 Å². The lowest BCUT2D eigenvalue weighted by Crippen LogP contribution is -2.51. The van der Waals surface area contributed by atoms with Crippen molar-refractivity contribution < 1.29 is 9.53 Å². The maximum absolute atomic E-state index is 11.8. The number of ether oxygens (including phenoxy) is 1. The molecule has 0 saturated carbocycles. The van der Waals surface area contributed by atoms with Gasteiger partial charge in [0.2, 0.25) is 5.91 Å². The highest BCUT2D eigenvalue weighted by molar-refractivity contribution is 5.81. The van der Waals surface area contributed by atoms with E-state index in [0.29, 0.717) is 26.1 Å². The van der Waals surface area contributed by atoms with Crippen LogP contribution in [0.5, 0.6) is 0 Å². The SMILES string of the molecule is CCC[C@@H](N)C(=O)N1CCOC(C#N)C1. The van der Waals surface area contributed by atoms with Gasteiger partial charge in [-0.3, -0.25) is 4.79 Å². The maximum Gasteiger partial charge on any atom is 0.239 e. The smallest absolute Gasteiger partial charge is 0.239 e. The predicted molar refractivity (Wildman–Crippen MR) is 54.8 cm³/mol. The number of rotatable bonds is 3. The second-order valence-electron chi connectivity index (χ2n) is 3.67. The molecule has 5 nitrogen and oxygen atoms in total. The molecule has 0 aromatic carbocycles. The number of carbonyl (C=O) groups is 1. The van der Waals surface area contributed by atoms with Gasteiger partial charge in [0.15, 0.2) is 6.10 Å². The van der Waals surface area contributed by atoms with Crippen LogP contribution in [0.1, 0.15) is 19.8 Å². The van der Waals surface area contributed by atoms with Crippen LogP contribution >= 0.6 is 0 Å². The summed E-state index contributed by atoms with van der Waals surface area (Å²) < 4.78 is 5.15. The van der Waals surface area contributed by atoms with Crippen LogP contribution in [-0.2, 0) is 9.53 Å². The third kappa shape index (κ3) is 3.18. The molecule has 2 atom stereocenters. The zero-order valence-corrected chi connectivity index (χ0v) is 8.98. The quantitative estimate of drug-likeness (QED) is 0.705. The van der Waals surface area contributed by atoms with Crippen LogP contribution in [0.2, 0.25) is 0 Å². The number of morpholine rings is 1. The zero-order chi connectivity index (χ0) is 11.3. The number of nitrogens with zero attached hydrogens (tertiary/aromatic N) is 2. The molecule has 2 N–H and O–H groups in total. The van der Waals surface area contributed by atoms with E-state index in [-0.39, 0.29) is 5.91 Å². The van der Waals surface area contributed by atoms with Crippen LogP contribution in [0.15, 0.2) is 0 Å². The molecule has 1 fully saturated rings. The lowest BCUT2D eigenvalue weighted by molar-refractivity contribution is -0.138. The van der Waals surface area contributed by atoms with Crippen molar-refractivity contribution in [2.45, 2.75) is 31.9 Å². The summed E-state index contributed by atoms with van der Waals surface area (Å²) in [5, 5.41) is 8.69. The van der Waals surface area contributed by atoms with Gasteiger partial charge in [-0.1, -0.05) is 13.3 Å². The zero-order valence-electron chi connectivity index (χ0n) is 8.98. The van der Waals surface area contributed by atoms with Gasteiger partial charge >= 0.3 is 0 Å². The van der Waals surface area contributed by atoms with Gasteiger partial charge in [0.25, 0.3) is 0 Å². The van der Waals surface area contributed by atoms with Gasteiger partial charge in [-0.05, 0) is 6.42 Å². The standard InChI is InChI=1S/C10H17N3O2/c1-2-3-9(12)10(14)13-4-5-15-8(6-11)7-13/h8-9H,2-5,7,12H2,1H3/t8?,9-/m1/s1. The summed E-state index contributed by atoms with van der Waals surface area (Å²) in [7, 11) is 0. The Hall–Kier alpha value is -1.12. The Morgan fingerprint density at radius 1 is 1.80 bits per heavy atom. The minimum absolute atomic E-state index is 0.0691. The number of hydrogen-bond donors (Lipinski definition) is 1. The maximum atomic E-state index is 11.8. The molecule has 1 amide bonds. The third-order valence-corrected chi connectivity index (χ3v) is 2.44. The molecule has 84 valence electrons. The van der Waals surface area contributed by atoms with E-state index < -0.39 is 12.1 Å². The Bertz CT molecular complexity index is 262. The van der Waals surface area contributed by atoms with Gasteiger partial charge in [0.05, 0.1) is 25.3 Å². The summed E-state index contributed by atoms with van der Waals surface area (Å²) in [5.41, 5.74) is 5.73. The van der Waals surface area contributed by atoms with Crippen LogP contribution in [0, 0.1) is 11.3 Å². The van der Waals surface area contributed by atoms with Gasteiger partial charge in [-0.2, -0.15) is 5.26 Å². The first-order valence-electron chi connectivity index (χ1n) is 5.24. The number of amides is 1. The molecule has 0 aliphatic carbocycles. The summed E-state index contributed by atoms with van der Waals surface area (Å²) in [5.74, 6) is -0.0691. The molecule has 1 aliphatic rings. The molecular weight excluding hydrogens is 194 g/mol. The molecule has 0 spiro atoms. The number of hydrogen-bond acceptors (Lipinski definition) is 4. The van der Waals surface area contributed by atoms with Gasteiger partial charge in [-0.15, -0.1) is 0 Å². The van der Waals surface area contributed by atoms with Gasteiger partial charge in [0.1, 0.15) is 0 Å². The van der Waals surface area contributed by atoms with E-state index in [4.69, 9.17) is 15.7 Å². The van der Waals surface area contributed by atoms with Crippen molar-refractivity contribution in [3.05, 3.63) is 0 Å². The summed E-state index contributed by atoms with van der Waals surface area (Å²) in [6.45, 7) is 3.29. The molecule has 1 unspecified atom stereocenters. The topological polar surface area (TPSA) is 79.3 Å². The highest BCUT2D eigenvalue weighted by Gasteiger charge is 2.26. The van der Waals surface area contributed by atoms with Crippen LogP contribution in [0.4, 0.5) is 0 Å². The van der Waals surface area contributed by atoms with E-state index in [1.807, 2.05) is 13.0 Å². The molecule has 0 aromatic heterocycles. The minimum atomic E-state index is -0.503. The lowest BCUT2D eigenvalue weighted by atomic mass is 10.1. The van der Waals surface area contributed by atoms with Crippen molar-refractivity contribution >= 4 is 5.91 Å². The number of carbonyl (C=O) groups excluding carboxylic acids is 1. The first-order chi connectivity index (χ1) is 7.19. The molecule has 0 aromatic rings. The molecule has 1 saturated heterocycles. The highest BCUT2D eigenvalue weighted by Crippen LogP contribution is 2.07. The summed E-state index contributed by atoms with van der Waals surface area (Å²) in [6.07, 6.45) is 1.07. The second-order valence-corrected chi connectivity index (χ2v) is 3.67. The fourth-order valence-corrected chi connectivity index (χ4v) is 1.60. The Morgan fingerprint density at radius 3 is 3.13 bits per heavy atom. The fourth-order valence-electron chi connectivity index (χ4n) is 1.60. The molecular formula is C10H17N3O2. The Labute approximate surface area is 89.8 Å². The summed E-state index contributed by atoms with van der Waals surface area (Å²) in [4.78, 5) is 13.4. The van der Waals surface area contributed by atoms with Crippen molar-refractivity contribution in [2.75, 3.05) is 19.7 Å². The van der Waals surface area contributed by atoms with Crippen LogP contribution in [0.25, 0.3) is 0 Å². The van der Waals surface area contributed by atoms with Crippen molar-refractivity contribution in [1.29, 1.82) is 5.26 Å². The average molecular weight is 211 g/mol. The lowest BCUT2D eigenvalue weighted by Gasteiger charge is -2.31. The fraction of sp³-hybridized carbons (Fsp3) is 0.800. The summed E-state index contributed by atoms with van der Waals surface area (Å²) in [6, 6.07) is 1.57. The Kier molecular flexibility index (Phi) is 4.53. The van der Waals surface area contributed by atoms with Crippen molar-refractivity contribution in [1.82, 2.24) is 4.90 Å². The van der Waals surface area contributed by atoms with Crippen molar-refractivity contribution in [3.63, 3.8) is 0 Å². The minimum Gasteiger partial charge on any atom is -0.360 e. The Balaban J connectivity index is 2.49. The number of nitriles is 1. The molecule has 0 radical (unpaired) electrons. The largest absolute Gasteiger partial charge is 0.360 e. The molecule has 1 rings (SSSR count). The normalized spacial score (nSPS) is 23.3. The average Bonchev–Trinajstić information content (AvgIpc) is 2.28. The van der Waals surface area contributed by atoms with Gasteiger partial charge < -0.3 is 15.4 Å². The van der Waals surface area contributed by atoms with Gasteiger partial charge in [-0.25, -0.2) is 0 Å². The Morgan fingerprint density at radius 2 is 2.53 bits per heavy atom. The van der Waals surface area contributed by atoms with E-state index in [2.05, 4.69) is 0 Å². The first-order valence-corrected chi connectivity index (χ1v) is 5.24. The van der Waals surface area contributed by atoms with Crippen LogP contribution in [-0.4, -0.2) is 42.6 Å². The van der Waals surface area contributed by atoms with E-state index in [1.54, 1.807) is 4.90 Å². The van der Waals surface area contributed by atoms with Crippen molar-refractivity contribution in [3.8, 4) is 6.07 Å². The molecule has 0 bridgehead atoms. The first kappa shape index (κ1) is 12.0. The molecule has 5 heteroatoms. The van der Waals surface area contributed by atoms with Gasteiger partial charge in [0, 0.05) is 6.54 Å². The molecule has 15 heavy (non-hydrogen) atoms. The molecule has 1 heterocycles. The van der Waals surface area contributed by atoms with E-state index in [0.717, 1.165) is 6.42 Å². The van der Waals surface area contributed by atoms with E-state index >= 15 is 0 Å². The monoisotopic (exact) mass is 211 g/mol. The summed E-state index contributed by atoms with van der Waals surface area (Å²) >= 11 is 0. The predicted octanol–water partition coefficient (Wildman–Crippen LogP) is -0.135. The van der Waals surface area contributed by atoms with Crippen molar-refractivity contribution in [2.24, 2.45) is 5.73 Å². The van der Waals surface area contributed by atoms with E-state index in [9.17, 15) is 4.79 Å². The molecule has 1 aliphatic heterocycles. The second kappa shape index (κ2) is 5.69. The van der Waals surface area contributed by atoms with E-state index in [1.165, 1.54) is 0 Å². The van der Waals surface area contributed by atoms with Crippen LogP contribution < -0.4 is 5.73 Å². The number of nitrogens with two attached hydrogens (primary N) is 1. The third-order valence-electron chi connectivity index (χ3n) is 2.44.